The summed E-state index contributed by atoms with van der Waals surface area (Å²) >= 11 is 0. The Labute approximate surface area is 130 Å². The van der Waals surface area contributed by atoms with Gasteiger partial charge in [0, 0.05) is 23.3 Å². The first kappa shape index (κ1) is 17.3. The Balaban J connectivity index is 2.46. The average molecular weight is 329 g/mol. The normalized spacial score (nSPS) is 27.3. The van der Waals surface area contributed by atoms with Gasteiger partial charge in [0.15, 0.2) is 18.4 Å². The first-order valence-electron chi connectivity index (χ1n) is 7.24. The van der Waals surface area contributed by atoms with Crippen molar-refractivity contribution in [1.82, 2.24) is 9.55 Å². The van der Waals surface area contributed by atoms with Crippen LogP contribution in [-0.4, -0.2) is 51.0 Å². The quantitative estimate of drug-likeness (QED) is 0.513. The number of nitrogens with one attached hydrogen (secondary N) is 1. The van der Waals surface area contributed by atoms with Crippen LogP contribution < -0.4 is 11.2 Å². The van der Waals surface area contributed by atoms with Crippen LogP contribution in [0.5, 0.6) is 0 Å². The Morgan fingerprint density at radius 3 is 2.78 bits per heavy atom. The van der Waals surface area contributed by atoms with Crippen molar-refractivity contribution in [3.8, 4) is 0 Å². The van der Waals surface area contributed by atoms with Crippen molar-refractivity contribution < 1.29 is 19.5 Å². The van der Waals surface area contributed by atoms with E-state index in [4.69, 9.17) is 9.47 Å². The molecule has 1 fully saturated rings. The van der Waals surface area contributed by atoms with Gasteiger partial charge in [-0.2, -0.15) is 0 Å². The zero-order valence-electron chi connectivity index (χ0n) is 12.8. The van der Waals surface area contributed by atoms with Gasteiger partial charge in [0.05, 0.1) is 6.61 Å². The highest BCUT2D eigenvalue weighted by Gasteiger charge is 2.54. The van der Waals surface area contributed by atoms with Gasteiger partial charge in [-0.15, -0.1) is 0 Å². The van der Waals surface area contributed by atoms with E-state index in [2.05, 4.69) is 4.98 Å². The van der Waals surface area contributed by atoms with E-state index in [1.54, 1.807) is 0 Å². The van der Waals surface area contributed by atoms with E-state index in [0.29, 0.717) is 6.42 Å². The van der Waals surface area contributed by atoms with Crippen LogP contribution in [0, 0.1) is 17.0 Å². The molecule has 10 heteroatoms. The number of hydrogen-bond donors (Lipinski definition) is 2. The molecule has 1 aliphatic heterocycles. The number of aryl methyl sites for hydroxylation is 1. The molecule has 2 N–H and O–H groups in total. The number of hydrogen-bond acceptors (Lipinski definition) is 7. The average Bonchev–Trinajstić information content (AvgIpc) is 2.87. The minimum absolute atomic E-state index is 0.240. The minimum Gasteiger partial charge on any atom is -0.393 e. The van der Waals surface area contributed by atoms with Gasteiger partial charge in [-0.25, -0.2) is 4.79 Å². The summed E-state index contributed by atoms with van der Waals surface area (Å²) in [6.07, 6.45) is -1.36. The van der Waals surface area contributed by atoms with Crippen LogP contribution in [-0.2, 0) is 9.47 Å². The molecule has 1 aromatic heterocycles. The summed E-state index contributed by atoms with van der Waals surface area (Å²) in [7, 11) is 0. The predicted octanol–water partition coefficient (Wildman–Crippen LogP) is -0.825. The lowest BCUT2D eigenvalue weighted by atomic mass is 10.1. The van der Waals surface area contributed by atoms with Crippen molar-refractivity contribution in [3.05, 3.63) is 42.7 Å². The van der Waals surface area contributed by atoms with Gasteiger partial charge in [-0.05, 0) is 13.3 Å². The molecule has 0 saturated carbocycles. The largest absolute Gasteiger partial charge is 0.393 e. The highest BCUT2D eigenvalue weighted by Crippen LogP contribution is 2.32. The van der Waals surface area contributed by atoms with Crippen LogP contribution in [0.4, 0.5) is 0 Å². The standard InChI is InChI=1S/C13H19N3O7/c1-3-4-22-10-9(16(20)21)8(6-17)23-12(10)15-5-7(2)11(18)14-13(15)19/h5,8-10,12,17H,3-4,6H2,1-2H3,(H,14,18,19)/t8-,9-,10-,12-/m1/s1. The molecule has 2 heterocycles. The van der Waals surface area contributed by atoms with Gasteiger partial charge < -0.3 is 14.6 Å². The molecule has 10 nitrogen and oxygen atoms in total. The molecule has 0 spiro atoms. The molecule has 4 atom stereocenters. The summed E-state index contributed by atoms with van der Waals surface area (Å²) in [5.41, 5.74) is -1.04. The van der Waals surface area contributed by atoms with Crippen LogP contribution in [0.1, 0.15) is 25.1 Å². The topological polar surface area (TPSA) is 137 Å². The molecule has 1 aliphatic rings. The third-order valence-corrected chi connectivity index (χ3v) is 3.67. The van der Waals surface area contributed by atoms with Crippen LogP contribution in [0.2, 0.25) is 0 Å². The number of H-pyrrole nitrogens is 1. The fraction of sp³-hybridized carbons (Fsp3) is 0.692. The summed E-state index contributed by atoms with van der Waals surface area (Å²) in [5.74, 6) is 0. The molecule has 0 radical (unpaired) electrons. The fourth-order valence-corrected chi connectivity index (χ4v) is 2.56. The fourth-order valence-electron chi connectivity index (χ4n) is 2.56. The van der Waals surface area contributed by atoms with E-state index in [-0.39, 0.29) is 12.2 Å². The molecule has 2 rings (SSSR count). The van der Waals surface area contributed by atoms with Crippen molar-refractivity contribution in [1.29, 1.82) is 0 Å². The second-order valence-corrected chi connectivity index (χ2v) is 5.34. The summed E-state index contributed by atoms with van der Waals surface area (Å²) in [6.45, 7) is 3.00. The third kappa shape index (κ3) is 3.33. The highest BCUT2D eigenvalue weighted by molar-refractivity contribution is 5.03. The molecule has 0 aromatic carbocycles. The lowest BCUT2D eigenvalue weighted by Gasteiger charge is -2.21. The van der Waals surface area contributed by atoms with Crippen molar-refractivity contribution in [2.24, 2.45) is 0 Å². The minimum atomic E-state index is -1.31. The number of aromatic nitrogens is 2. The highest BCUT2D eigenvalue weighted by atomic mass is 16.7. The second-order valence-electron chi connectivity index (χ2n) is 5.34. The van der Waals surface area contributed by atoms with E-state index < -0.39 is 47.3 Å². The maximum absolute atomic E-state index is 12.0. The van der Waals surface area contributed by atoms with Crippen molar-refractivity contribution in [2.45, 2.75) is 44.7 Å². The number of aliphatic hydroxyl groups is 1. The lowest BCUT2D eigenvalue weighted by molar-refractivity contribution is -0.537. The molecule has 23 heavy (non-hydrogen) atoms. The Kier molecular flexibility index (Phi) is 5.29. The molecule has 0 amide bonds. The predicted molar refractivity (Wildman–Crippen MR) is 77.9 cm³/mol. The van der Waals surface area contributed by atoms with Crippen molar-refractivity contribution >= 4 is 0 Å². The zero-order valence-corrected chi connectivity index (χ0v) is 12.8. The maximum atomic E-state index is 12.0. The molecule has 128 valence electrons. The lowest BCUT2D eigenvalue weighted by Crippen LogP contribution is -2.43. The monoisotopic (exact) mass is 329 g/mol. The van der Waals surface area contributed by atoms with Crippen molar-refractivity contribution in [3.63, 3.8) is 0 Å². The SMILES string of the molecule is CCCO[C@@H]1[C@H]([N+](=O)[O-])[C@@H](CO)O[C@H]1n1cc(C)c(=O)[nH]c1=O. The number of aliphatic hydroxyl groups excluding tert-OH is 1. The molecular weight excluding hydrogens is 310 g/mol. The number of nitro groups is 1. The first-order chi connectivity index (χ1) is 10.9. The van der Waals surface area contributed by atoms with E-state index >= 15 is 0 Å². The summed E-state index contributed by atoms with van der Waals surface area (Å²) < 4.78 is 12.1. The smallest absolute Gasteiger partial charge is 0.330 e. The number of ether oxygens (including phenoxy) is 2. The Morgan fingerprint density at radius 1 is 1.52 bits per heavy atom. The molecule has 1 aromatic rings. The van der Waals surface area contributed by atoms with E-state index in [9.17, 15) is 24.8 Å². The van der Waals surface area contributed by atoms with Crippen LogP contribution >= 0.6 is 0 Å². The van der Waals surface area contributed by atoms with Gasteiger partial charge in [0.1, 0.15) is 0 Å². The van der Waals surface area contributed by atoms with Crippen LogP contribution in [0.3, 0.4) is 0 Å². The summed E-state index contributed by atoms with van der Waals surface area (Å²) in [6, 6.07) is -1.31. The Hall–Kier alpha value is -2.04. The van der Waals surface area contributed by atoms with Gasteiger partial charge in [-0.3, -0.25) is 24.5 Å². The Morgan fingerprint density at radius 2 is 2.22 bits per heavy atom. The summed E-state index contributed by atoms with van der Waals surface area (Å²) in [4.78, 5) is 36.3. The molecule has 0 bridgehead atoms. The van der Waals surface area contributed by atoms with Gasteiger partial charge in [0.25, 0.3) is 11.6 Å². The molecule has 0 aliphatic carbocycles. The number of rotatable bonds is 6. The van der Waals surface area contributed by atoms with Gasteiger partial charge in [-0.1, -0.05) is 6.92 Å². The molecular formula is C13H19N3O7. The Bertz CT molecular complexity index is 683. The second kappa shape index (κ2) is 7.02. The third-order valence-electron chi connectivity index (χ3n) is 3.67. The van der Waals surface area contributed by atoms with E-state index in [1.807, 2.05) is 6.92 Å². The van der Waals surface area contributed by atoms with E-state index in [0.717, 1.165) is 4.57 Å². The van der Waals surface area contributed by atoms with Crippen LogP contribution in [0.15, 0.2) is 15.8 Å². The van der Waals surface area contributed by atoms with Crippen molar-refractivity contribution in [2.75, 3.05) is 13.2 Å². The number of aromatic amines is 1. The molecule has 1 saturated heterocycles. The van der Waals surface area contributed by atoms with Gasteiger partial charge >= 0.3 is 5.69 Å². The van der Waals surface area contributed by atoms with E-state index in [1.165, 1.54) is 13.1 Å². The number of nitrogens with zero attached hydrogens (tertiary/aromatic N) is 2. The first-order valence-corrected chi connectivity index (χ1v) is 7.24. The molecule has 0 unspecified atom stereocenters. The summed E-state index contributed by atoms with van der Waals surface area (Å²) in [5, 5.41) is 20.6. The van der Waals surface area contributed by atoms with Gasteiger partial charge in [0.2, 0.25) is 0 Å². The van der Waals surface area contributed by atoms with Crippen LogP contribution in [0.25, 0.3) is 0 Å². The maximum Gasteiger partial charge on any atom is 0.330 e. The zero-order chi connectivity index (χ0) is 17.1.